The molecule has 1 aromatic carbocycles. The third-order valence-corrected chi connectivity index (χ3v) is 3.37. The summed E-state index contributed by atoms with van der Waals surface area (Å²) in [7, 11) is 0. The number of hydrogen-bond acceptors (Lipinski definition) is 2. The monoisotopic (exact) mass is 297 g/mol. The summed E-state index contributed by atoms with van der Waals surface area (Å²) in [4.78, 5) is 22.5. The van der Waals surface area contributed by atoms with Gasteiger partial charge >= 0.3 is 5.97 Å². The quantitative estimate of drug-likeness (QED) is 0.879. The maximum Gasteiger partial charge on any atom is 0.352 e. The number of aromatic carboxylic acids is 1. The summed E-state index contributed by atoms with van der Waals surface area (Å²) in [5, 5.41) is 9.84. The molecular weight excluding hydrogens is 289 g/mol. The van der Waals surface area contributed by atoms with Gasteiger partial charge in [0.15, 0.2) is 5.78 Å². The van der Waals surface area contributed by atoms with Crippen LogP contribution in [0, 0.1) is 0 Å². The molecule has 0 unspecified atom stereocenters. The number of halogens is 2. The van der Waals surface area contributed by atoms with E-state index in [1.165, 1.54) is 23.8 Å². The predicted molar refractivity (Wildman–Crippen MR) is 72.8 cm³/mol. The molecule has 98 valence electrons. The van der Waals surface area contributed by atoms with Crippen molar-refractivity contribution in [2.75, 3.05) is 0 Å². The fourth-order valence-electron chi connectivity index (χ4n) is 1.67. The topological polar surface area (TPSA) is 59.3 Å². The molecule has 4 nitrogen and oxygen atoms in total. The van der Waals surface area contributed by atoms with Crippen molar-refractivity contribution < 1.29 is 14.7 Å². The summed E-state index contributed by atoms with van der Waals surface area (Å²) in [5.41, 5.74) is 0.839. The molecule has 0 amide bonds. The van der Waals surface area contributed by atoms with Gasteiger partial charge in [0.25, 0.3) is 0 Å². The first-order valence-corrected chi connectivity index (χ1v) is 6.08. The summed E-state index contributed by atoms with van der Waals surface area (Å²) in [6.45, 7) is 1.38. The van der Waals surface area contributed by atoms with Crippen LogP contribution in [0.4, 0.5) is 0 Å². The lowest BCUT2D eigenvalue weighted by molar-refractivity contribution is 0.0688. The van der Waals surface area contributed by atoms with Crippen LogP contribution in [-0.2, 0) is 0 Å². The van der Waals surface area contributed by atoms with Gasteiger partial charge < -0.3 is 9.67 Å². The Balaban J connectivity index is 2.62. The Labute approximate surface area is 119 Å². The average Bonchev–Trinajstić information content (AvgIpc) is 2.78. The largest absolute Gasteiger partial charge is 0.477 e. The van der Waals surface area contributed by atoms with Gasteiger partial charge in [-0.1, -0.05) is 23.2 Å². The molecule has 0 radical (unpaired) electrons. The van der Waals surface area contributed by atoms with E-state index in [9.17, 15) is 9.59 Å². The van der Waals surface area contributed by atoms with Crippen LogP contribution >= 0.6 is 23.2 Å². The van der Waals surface area contributed by atoms with Crippen molar-refractivity contribution in [3.8, 4) is 5.69 Å². The number of hydrogen-bond donors (Lipinski definition) is 1. The van der Waals surface area contributed by atoms with Crippen molar-refractivity contribution in [1.82, 2.24) is 4.57 Å². The van der Waals surface area contributed by atoms with Gasteiger partial charge in [-0.15, -0.1) is 0 Å². The summed E-state index contributed by atoms with van der Waals surface area (Å²) >= 11 is 11.7. The molecule has 1 N–H and O–H groups in total. The van der Waals surface area contributed by atoms with Crippen molar-refractivity contribution in [3.63, 3.8) is 0 Å². The number of Topliss-reactive ketones (excluding diaryl/α,β-unsaturated/α-hetero) is 1. The number of aromatic nitrogens is 1. The van der Waals surface area contributed by atoms with Gasteiger partial charge in [-0.2, -0.15) is 0 Å². The van der Waals surface area contributed by atoms with Gasteiger partial charge in [-0.3, -0.25) is 4.79 Å². The molecule has 0 fully saturated rings. The third-order valence-electron chi connectivity index (χ3n) is 2.63. The second kappa shape index (κ2) is 5.07. The molecule has 2 rings (SSSR count). The Morgan fingerprint density at radius 2 is 1.84 bits per heavy atom. The molecule has 2 aromatic rings. The van der Waals surface area contributed by atoms with E-state index in [4.69, 9.17) is 28.3 Å². The maximum atomic E-state index is 11.3. The molecule has 0 aliphatic heterocycles. The lowest BCUT2D eigenvalue weighted by atomic mass is 10.2. The zero-order valence-electron chi connectivity index (χ0n) is 9.85. The van der Waals surface area contributed by atoms with E-state index in [1.807, 2.05) is 0 Å². The summed E-state index contributed by atoms with van der Waals surface area (Å²) in [6, 6.07) is 6.07. The smallest absolute Gasteiger partial charge is 0.352 e. The molecule has 0 saturated heterocycles. The zero-order chi connectivity index (χ0) is 14.2. The Kier molecular flexibility index (Phi) is 3.64. The van der Waals surface area contributed by atoms with Crippen LogP contribution in [0.1, 0.15) is 27.8 Å². The number of benzene rings is 1. The fourth-order valence-corrected chi connectivity index (χ4v) is 1.96. The zero-order valence-corrected chi connectivity index (χ0v) is 11.4. The first-order valence-electron chi connectivity index (χ1n) is 5.32. The lowest BCUT2D eigenvalue weighted by Gasteiger charge is -2.07. The van der Waals surface area contributed by atoms with Crippen LogP contribution in [0.15, 0.2) is 30.5 Å². The molecule has 6 heteroatoms. The highest BCUT2D eigenvalue weighted by Gasteiger charge is 2.16. The Bertz CT molecular complexity index is 677. The highest BCUT2D eigenvalue weighted by atomic mass is 35.5. The van der Waals surface area contributed by atoms with Gasteiger partial charge in [0, 0.05) is 17.4 Å². The van der Waals surface area contributed by atoms with Gasteiger partial charge in [-0.05, 0) is 31.2 Å². The molecule has 19 heavy (non-hydrogen) atoms. The molecule has 0 bridgehead atoms. The average molecular weight is 298 g/mol. The van der Waals surface area contributed by atoms with E-state index >= 15 is 0 Å². The van der Waals surface area contributed by atoms with Gasteiger partial charge in [0.1, 0.15) is 5.69 Å². The van der Waals surface area contributed by atoms with Gasteiger partial charge in [-0.25, -0.2) is 4.79 Å². The lowest BCUT2D eigenvalue weighted by Crippen LogP contribution is -2.05. The molecule has 1 heterocycles. The Morgan fingerprint density at radius 3 is 2.37 bits per heavy atom. The van der Waals surface area contributed by atoms with E-state index in [0.717, 1.165) is 0 Å². The van der Waals surface area contributed by atoms with Crippen LogP contribution in [-0.4, -0.2) is 21.4 Å². The number of rotatable bonds is 3. The van der Waals surface area contributed by atoms with E-state index in [2.05, 4.69) is 0 Å². The van der Waals surface area contributed by atoms with Crippen molar-refractivity contribution in [2.45, 2.75) is 6.92 Å². The van der Waals surface area contributed by atoms with Crippen LogP contribution in [0.3, 0.4) is 0 Å². The van der Waals surface area contributed by atoms with Crippen LogP contribution in [0.2, 0.25) is 10.0 Å². The minimum Gasteiger partial charge on any atom is -0.477 e. The Hall–Kier alpha value is -1.78. The minimum atomic E-state index is -1.13. The number of carboxylic acid groups (broad SMARTS) is 1. The van der Waals surface area contributed by atoms with Crippen molar-refractivity contribution >= 4 is 35.0 Å². The van der Waals surface area contributed by atoms with E-state index in [0.29, 0.717) is 21.3 Å². The van der Waals surface area contributed by atoms with E-state index in [-0.39, 0.29) is 11.5 Å². The van der Waals surface area contributed by atoms with Crippen molar-refractivity contribution in [2.24, 2.45) is 0 Å². The summed E-state index contributed by atoms with van der Waals surface area (Å²) in [6.07, 6.45) is 1.46. The number of carbonyl (C=O) groups is 2. The molecule has 0 aliphatic rings. The maximum absolute atomic E-state index is 11.3. The standard InChI is InChI=1S/C13H9Cl2NO3/c1-7(17)8-4-12(13(18)19)16(6-8)9-2-3-10(14)11(15)5-9/h2-6H,1H3,(H,18,19). The van der Waals surface area contributed by atoms with E-state index in [1.54, 1.807) is 18.2 Å². The number of ketones is 1. The summed E-state index contributed by atoms with van der Waals surface area (Å²) < 4.78 is 1.39. The summed E-state index contributed by atoms with van der Waals surface area (Å²) in [5.74, 6) is -1.33. The number of nitrogens with zero attached hydrogens (tertiary/aromatic N) is 1. The number of carboxylic acids is 1. The SMILES string of the molecule is CC(=O)c1cc(C(=O)O)n(-c2ccc(Cl)c(Cl)c2)c1. The molecular formula is C13H9Cl2NO3. The molecule has 0 aliphatic carbocycles. The normalized spacial score (nSPS) is 10.5. The molecule has 0 atom stereocenters. The van der Waals surface area contributed by atoms with Crippen molar-refractivity contribution in [1.29, 1.82) is 0 Å². The molecule has 0 spiro atoms. The van der Waals surface area contributed by atoms with Crippen LogP contribution in [0.5, 0.6) is 0 Å². The highest BCUT2D eigenvalue weighted by molar-refractivity contribution is 6.42. The fraction of sp³-hybridized carbons (Fsp3) is 0.0769. The Morgan fingerprint density at radius 1 is 1.16 bits per heavy atom. The molecule has 1 aromatic heterocycles. The highest BCUT2D eigenvalue weighted by Crippen LogP contribution is 2.26. The second-order valence-electron chi connectivity index (χ2n) is 3.94. The first kappa shape index (κ1) is 13.6. The van der Waals surface area contributed by atoms with Crippen LogP contribution in [0.25, 0.3) is 5.69 Å². The van der Waals surface area contributed by atoms with Crippen LogP contribution < -0.4 is 0 Å². The first-order chi connectivity index (χ1) is 8.90. The number of carbonyl (C=O) groups excluding carboxylic acids is 1. The van der Waals surface area contributed by atoms with E-state index < -0.39 is 5.97 Å². The van der Waals surface area contributed by atoms with Crippen molar-refractivity contribution in [3.05, 3.63) is 51.8 Å². The third kappa shape index (κ3) is 2.64. The van der Waals surface area contributed by atoms with Gasteiger partial charge in [0.2, 0.25) is 0 Å². The second-order valence-corrected chi connectivity index (χ2v) is 4.76. The predicted octanol–water partition coefficient (Wildman–Crippen LogP) is 3.68. The minimum absolute atomic E-state index is 0.0106. The molecule has 0 saturated carbocycles. The van der Waals surface area contributed by atoms with Gasteiger partial charge in [0.05, 0.1) is 10.0 Å².